The van der Waals surface area contributed by atoms with E-state index >= 15 is 0 Å². The van der Waals surface area contributed by atoms with E-state index in [2.05, 4.69) is 31.0 Å². The monoisotopic (exact) mass is 529 g/mol. The first kappa shape index (κ1) is 25.7. The van der Waals surface area contributed by atoms with Gasteiger partial charge in [-0.1, -0.05) is 12.1 Å². The Morgan fingerprint density at radius 1 is 1.13 bits per heavy atom. The molecule has 3 N–H and O–H groups in total. The molecule has 0 unspecified atom stereocenters. The summed E-state index contributed by atoms with van der Waals surface area (Å²) < 4.78 is 6.92. The molecule has 0 atom stereocenters. The normalized spacial score (nSPS) is 11.4. The Morgan fingerprint density at radius 3 is 2.43 bits per heavy atom. The molecule has 1 aromatic carbocycles. The zero-order valence-electron chi connectivity index (χ0n) is 18.0. The van der Waals surface area contributed by atoms with Crippen LogP contribution in [0.3, 0.4) is 0 Å². The van der Waals surface area contributed by atoms with E-state index in [1.807, 2.05) is 52.0 Å². The molecule has 0 radical (unpaired) electrons. The van der Waals surface area contributed by atoms with E-state index in [1.165, 1.54) is 6.33 Å². The average molecular weight is 529 g/mol. The zero-order chi connectivity index (χ0) is 21.1. The van der Waals surface area contributed by atoms with Crippen molar-refractivity contribution in [1.82, 2.24) is 30.7 Å². The van der Waals surface area contributed by atoms with Gasteiger partial charge in [0.05, 0.1) is 12.2 Å². The predicted molar refractivity (Wildman–Crippen MR) is 128 cm³/mol. The van der Waals surface area contributed by atoms with Gasteiger partial charge < -0.3 is 20.7 Å². The van der Waals surface area contributed by atoms with Crippen molar-refractivity contribution in [3.63, 3.8) is 0 Å². The molecule has 0 saturated heterocycles. The minimum Gasteiger partial charge on any atom is -0.444 e. The third-order valence-corrected chi connectivity index (χ3v) is 3.70. The summed E-state index contributed by atoms with van der Waals surface area (Å²) in [5.41, 5.74) is 1.57. The molecule has 9 nitrogen and oxygen atoms in total. The van der Waals surface area contributed by atoms with Crippen LogP contribution < -0.4 is 16.0 Å². The molecule has 30 heavy (non-hydrogen) atoms. The Bertz CT molecular complexity index is 771. The summed E-state index contributed by atoms with van der Waals surface area (Å²) in [5.74, 6) is 0.741. The largest absolute Gasteiger partial charge is 0.444 e. The third kappa shape index (κ3) is 9.90. The maximum atomic E-state index is 11.6. The number of carbonyl (C=O) groups is 1. The highest BCUT2D eigenvalue weighted by Crippen LogP contribution is 2.09. The van der Waals surface area contributed by atoms with Crippen molar-refractivity contribution in [1.29, 1.82) is 0 Å². The van der Waals surface area contributed by atoms with Crippen LogP contribution in [0.25, 0.3) is 5.69 Å². The highest BCUT2D eigenvalue weighted by molar-refractivity contribution is 14.0. The molecule has 1 amide bonds. The lowest BCUT2D eigenvalue weighted by Crippen LogP contribution is -2.39. The number of guanidine groups is 1. The van der Waals surface area contributed by atoms with Gasteiger partial charge in [0.15, 0.2) is 5.96 Å². The predicted octanol–water partition coefficient (Wildman–Crippen LogP) is 2.86. The minimum atomic E-state index is -0.485. The highest BCUT2D eigenvalue weighted by atomic mass is 127. The fraction of sp³-hybridized carbons (Fsp3) is 0.500. The number of aromatic nitrogens is 3. The molecule has 2 aromatic rings. The van der Waals surface area contributed by atoms with Crippen LogP contribution in [0.4, 0.5) is 4.79 Å². The first-order valence-corrected chi connectivity index (χ1v) is 9.80. The lowest BCUT2D eigenvalue weighted by Gasteiger charge is -2.19. The fourth-order valence-electron chi connectivity index (χ4n) is 2.41. The van der Waals surface area contributed by atoms with Crippen LogP contribution in [-0.4, -0.2) is 52.1 Å². The summed E-state index contributed by atoms with van der Waals surface area (Å²) in [4.78, 5) is 20.2. The molecular weight excluding hydrogens is 497 g/mol. The molecule has 0 spiro atoms. The van der Waals surface area contributed by atoms with Crippen molar-refractivity contribution >= 4 is 36.0 Å². The van der Waals surface area contributed by atoms with Crippen molar-refractivity contribution in [2.75, 3.05) is 19.6 Å². The summed E-state index contributed by atoms with van der Waals surface area (Å²) in [5, 5.41) is 13.4. The lowest BCUT2D eigenvalue weighted by atomic mass is 10.2. The quantitative estimate of drug-likeness (QED) is 0.210. The molecule has 166 valence electrons. The molecule has 10 heteroatoms. The van der Waals surface area contributed by atoms with E-state index < -0.39 is 11.7 Å². The van der Waals surface area contributed by atoms with E-state index in [0.717, 1.165) is 30.2 Å². The minimum absolute atomic E-state index is 0. The second-order valence-electron chi connectivity index (χ2n) is 7.41. The van der Waals surface area contributed by atoms with Crippen molar-refractivity contribution < 1.29 is 9.53 Å². The van der Waals surface area contributed by atoms with Gasteiger partial charge in [-0.3, -0.25) is 0 Å². The maximum absolute atomic E-state index is 11.6. The van der Waals surface area contributed by atoms with Crippen molar-refractivity contribution in [2.24, 2.45) is 4.99 Å². The molecule has 1 aromatic heterocycles. The smallest absolute Gasteiger partial charge is 0.407 e. The van der Waals surface area contributed by atoms with E-state index in [0.29, 0.717) is 19.6 Å². The van der Waals surface area contributed by atoms with Gasteiger partial charge in [0.2, 0.25) is 0 Å². The number of benzene rings is 1. The number of hydrogen-bond acceptors (Lipinski definition) is 5. The van der Waals surface area contributed by atoms with Crippen molar-refractivity contribution in [3.8, 4) is 5.69 Å². The number of nitrogens with zero attached hydrogens (tertiary/aromatic N) is 4. The number of rotatable bonds is 8. The van der Waals surface area contributed by atoms with Crippen LogP contribution in [0.15, 0.2) is 41.9 Å². The van der Waals surface area contributed by atoms with Crippen LogP contribution in [0, 0.1) is 0 Å². The molecule has 0 fully saturated rings. The van der Waals surface area contributed by atoms with Crippen LogP contribution in [-0.2, 0) is 11.3 Å². The summed E-state index contributed by atoms with van der Waals surface area (Å²) in [7, 11) is 0. The number of aliphatic imine (C=N–C) groups is 1. The Labute approximate surface area is 195 Å². The van der Waals surface area contributed by atoms with Crippen LogP contribution in [0.5, 0.6) is 0 Å². The fourth-order valence-corrected chi connectivity index (χ4v) is 2.41. The number of alkyl carbamates (subject to hydrolysis) is 1. The third-order valence-electron chi connectivity index (χ3n) is 3.70. The molecule has 2 rings (SSSR count). The Kier molecular flexibility index (Phi) is 11.2. The standard InChI is InChI=1S/C20H31N7O2.HI/c1-5-22-18(23-11-6-12-24-19(28)29-20(2,3)4)25-13-16-7-9-17(10-8-16)27-15-21-14-26-27;/h7-10,14-15H,5-6,11-13H2,1-4H3,(H,24,28)(H2,22,23,25);1H. The lowest BCUT2D eigenvalue weighted by molar-refractivity contribution is 0.0527. The number of amides is 1. The van der Waals surface area contributed by atoms with Gasteiger partial charge >= 0.3 is 6.09 Å². The topological polar surface area (TPSA) is 105 Å². The molecule has 0 aliphatic heterocycles. The average Bonchev–Trinajstić information content (AvgIpc) is 3.19. The summed E-state index contributed by atoms with van der Waals surface area (Å²) >= 11 is 0. The number of carbonyl (C=O) groups excluding carboxylic acids is 1. The Hall–Kier alpha value is -2.37. The highest BCUT2D eigenvalue weighted by Gasteiger charge is 2.15. The summed E-state index contributed by atoms with van der Waals surface area (Å²) in [6.45, 7) is 10.1. The first-order valence-electron chi connectivity index (χ1n) is 9.80. The molecule has 0 aliphatic carbocycles. The number of ether oxygens (including phenoxy) is 1. The number of halogens is 1. The molecule has 0 bridgehead atoms. The molecule has 0 saturated carbocycles. The summed E-state index contributed by atoms with van der Waals surface area (Å²) in [6.07, 6.45) is 3.54. The van der Waals surface area contributed by atoms with E-state index in [1.54, 1.807) is 11.0 Å². The van der Waals surface area contributed by atoms with Gasteiger partial charge in [-0.2, -0.15) is 5.10 Å². The van der Waals surface area contributed by atoms with Crippen molar-refractivity contribution in [3.05, 3.63) is 42.5 Å². The van der Waals surface area contributed by atoms with E-state index in [4.69, 9.17) is 4.74 Å². The Balaban J connectivity index is 0.00000450. The maximum Gasteiger partial charge on any atom is 0.407 e. The van der Waals surface area contributed by atoms with Crippen LogP contribution in [0.2, 0.25) is 0 Å². The molecule has 1 heterocycles. The van der Waals surface area contributed by atoms with Gasteiger partial charge in [-0.15, -0.1) is 24.0 Å². The SMILES string of the molecule is CCNC(=NCc1ccc(-n2cncn2)cc1)NCCCNC(=O)OC(C)(C)C.I. The first-order chi connectivity index (χ1) is 13.9. The number of nitrogens with one attached hydrogen (secondary N) is 3. The van der Waals surface area contributed by atoms with Gasteiger partial charge in [0.1, 0.15) is 18.3 Å². The second-order valence-corrected chi connectivity index (χ2v) is 7.41. The van der Waals surface area contributed by atoms with Crippen molar-refractivity contribution in [2.45, 2.75) is 46.3 Å². The Morgan fingerprint density at radius 2 is 1.83 bits per heavy atom. The van der Waals surface area contributed by atoms with E-state index in [-0.39, 0.29) is 24.0 Å². The van der Waals surface area contributed by atoms with Crippen LogP contribution in [0.1, 0.15) is 39.7 Å². The van der Waals surface area contributed by atoms with Gasteiger partial charge in [-0.05, 0) is 51.8 Å². The van der Waals surface area contributed by atoms with Crippen LogP contribution >= 0.6 is 24.0 Å². The second kappa shape index (κ2) is 13.0. The van der Waals surface area contributed by atoms with Gasteiger partial charge in [0.25, 0.3) is 0 Å². The van der Waals surface area contributed by atoms with E-state index in [9.17, 15) is 4.79 Å². The molecular formula is C20H32IN7O2. The molecule has 0 aliphatic rings. The zero-order valence-corrected chi connectivity index (χ0v) is 20.3. The summed E-state index contributed by atoms with van der Waals surface area (Å²) in [6, 6.07) is 8.02. The number of hydrogen-bond donors (Lipinski definition) is 3. The van der Waals surface area contributed by atoms with Gasteiger partial charge in [0, 0.05) is 19.6 Å². The van der Waals surface area contributed by atoms with Gasteiger partial charge in [-0.25, -0.2) is 19.5 Å².